The van der Waals surface area contributed by atoms with E-state index < -0.39 is 0 Å². The van der Waals surface area contributed by atoms with Crippen LogP contribution < -0.4 is 0 Å². The smallest absolute Gasteiger partial charge is 0.135 e. The van der Waals surface area contributed by atoms with Crippen molar-refractivity contribution in [2.45, 2.75) is 26.2 Å². The molecule has 5 heteroatoms. The monoisotopic (exact) mass is 227 g/mol. The Morgan fingerprint density at radius 2 is 2.00 bits per heavy atom. The zero-order valence-electron chi connectivity index (χ0n) is 8.21. The Kier molecular flexibility index (Phi) is 2.20. The average molecular weight is 228 g/mol. The van der Waals surface area contributed by atoms with E-state index in [0.29, 0.717) is 5.15 Å². The van der Waals surface area contributed by atoms with Crippen molar-refractivity contribution in [3.63, 3.8) is 0 Å². The minimum absolute atomic E-state index is 0.120. The molecule has 2 heterocycles. The van der Waals surface area contributed by atoms with Crippen LogP contribution >= 0.6 is 22.9 Å². The van der Waals surface area contributed by atoms with Gasteiger partial charge in [0.05, 0.1) is 4.70 Å². The number of fused-ring (bicyclic) bond motifs is 1. The first-order valence-corrected chi connectivity index (χ1v) is 5.47. The summed E-state index contributed by atoms with van der Waals surface area (Å²) in [4.78, 5) is 1.25. The van der Waals surface area contributed by atoms with Gasteiger partial charge in [0, 0.05) is 4.88 Å². The van der Waals surface area contributed by atoms with E-state index in [9.17, 15) is 0 Å². The highest BCUT2D eigenvalue weighted by molar-refractivity contribution is 7.19. The highest BCUT2D eigenvalue weighted by Gasteiger charge is 2.18. The summed E-state index contributed by atoms with van der Waals surface area (Å²) in [6.45, 7) is 6.48. The first kappa shape index (κ1) is 9.80. The Morgan fingerprint density at radius 1 is 1.29 bits per heavy atom. The molecule has 0 N–H and O–H groups in total. The zero-order valence-corrected chi connectivity index (χ0v) is 9.78. The fourth-order valence-corrected chi connectivity index (χ4v) is 2.40. The third-order valence-electron chi connectivity index (χ3n) is 1.92. The van der Waals surface area contributed by atoms with Gasteiger partial charge in [-0.05, 0) is 16.7 Å². The molecule has 14 heavy (non-hydrogen) atoms. The van der Waals surface area contributed by atoms with E-state index in [2.05, 4.69) is 36.2 Å². The molecule has 0 saturated carbocycles. The van der Waals surface area contributed by atoms with Gasteiger partial charge >= 0.3 is 0 Å². The van der Waals surface area contributed by atoms with Crippen LogP contribution in [0.5, 0.6) is 0 Å². The van der Waals surface area contributed by atoms with Crippen LogP contribution in [-0.2, 0) is 5.41 Å². The number of thiophene rings is 1. The number of aromatic nitrogens is 3. The van der Waals surface area contributed by atoms with Crippen molar-refractivity contribution in [1.82, 2.24) is 15.4 Å². The first-order valence-electron chi connectivity index (χ1n) is 4.27. The van der Waals surface area contributed by atoms with Crippen molar-refractivity contribution < 1.29 is 0 Å². The molecule has 0 radical (unpaired) electrons. The Bertz CT molecular complexity index is 472. The highest BCUT2D eigenvalue weighted by Crippen LogP contribution is 2.35. The third-order valence-corrected chi connectivity index (χ3v) is 3.86. The van der Waals surface area contributed by atoms with Crippen LogP contribution in [0, 0.1) is 0 Å². The summed E-state index contributed by atoms with van der Waals surface area (Å²) in [7, 11) is 0. The molecule has 0 aliphatic carbocycles. The van der Waals surface area contributed by atoms with Gasteiger partial charge < -0.3 is 0 Å². The molecular weight excluding hydrogens is 218 g/mol. The molecule has 0 aromatic carbocycles. The van der Waals surface area contributed by atoms with Gasteiger partial charge in [-0.2, -0.15) is 0 Å². The van der Waals surface area contributed by atoms with Gasteiger partial charge in [0.25, 0.3) is 0 Å². The maximum Gasteiger partial charge on any atom is 0.172 e. The van der Waals surface area contributed by atoms with Crippen molar-refractivity contribution in [1.29, 1.82) is 0 Å². The number of rotatable bonds is 0. The van der Waals surface area contributed by atoms with Crippen molar-refractivity contribution in [3.05, 3.63) is 16.1 Å². The third kappa shape index (κ3) is 1.60. The zero-order chi connectivity index (χ0) is 10.3. The van der Waals surface area contributed by atoms with Crippen LogP contribution in [0.25, 0.3) is 10.2 Å². The van der Waals surface area contributed by atoms with Crippen LogP contribution in [0.3, 0.4) is 0 Å². The standard InChI is InChI=1S/C9H10ClN3S/c1-9(2,3)6-4-5-7(14-6)8(10)12-13-11-5/h4H,1-3H3. The first-order chi connectivity index (χ1) is 6.48. The maximum atomic E-state index is 5.92. The molecule has 2 aromatic heterocycles. The Morgan fingerprint density at radius 3 is 2.57 bits per heavy atom. The lowest BCUT2D eigenvalue weighted by Gasteiger charge is -2.14. The SMILES string of the molecule is CC(C)(C)c1cc2nnnc(Cl)c2s1. The molecule has 0 fully saturated rings. The van der Waals surface area contributed by atoms with Gasteiger partial charge in [-0.25, -0.2) is 0 Å². The van der Waals surface area contributed by atoms with Crippen molar-refractivity contribution >= 4 is 33.2 Å². The molecule has 2 rings (SSSR count). The lowest BCUT2D eigenvalue weighted by molar-refractivity contribution is 0.604. The van der Waals surface area contributed by atoms with E-state index in [4.69, 9.17) is 11.6 Å². The lowest BCUT2D eigenvalue weighted by Crippen LogP contribution is -2.07. The molecule has 0 amide bonds. The van der Waals surface area contributed by atoms with Crippen LogP contribution in [0.2, 0.25) is 5.15 Å². The topological polar surface area (TPSA) is 38.7 Å². The molecular formula is C9H10ClN3S. The molecule has 3 nitrogen and oxygen atoms in total. The normalized spacial score (nSPS) is 12.3. The molecule has 0 bridgehead atoms. The Hall–Kier alpha value is -0.740. The fourth-order valence-electron chi connectivity index (χ4n) is 1.13. The highest BCUT2D eigenvalue weighted by atomic mass is 35.5. The predicted octanol–water partition coefficient (Wildman–Crippen LogP) is 3.04. The Balaban J connectivity index is 2.69. The van der Waals surface area contributed by atoms with Gasteiger partial charge in [-0.3, -0.25) is 0 Å². The van der Waals surface area contributed by atoms with E-state index in [1.54, 1.807) is 11.3 Å². The minimum atomic E-state index is 0.120. The number of hydrogen-bond donors (Lipinski definition) is 0. The maximum absolute atomic E-state index is 5.92. The second-order valence-corrected chi connectivity index (χ2v) is 5.57. The van der Waals surface area contributed by atoms with Crippen LogP contribution in [0.1, 0.15) is 25.6 Å². The summed E-state index contributed by atoms with van der Waals surface area (Å²) in [6, 6.07) is 2.03. The van der Waals surface area contributed by atoms with Gasteiger partial charge in [-0.15, -0.1) is 21.5 Å². The molecule has 0 unspecified atom stereocenters. The summed E-state index contributed by atoms with van der Waals surface area (Å²) in [5.74, 6) is 0. The fraction of sp³-hybridized carbons (Fsp3) is 0.444. The minimum Gasteiger partial charge on any atom is -0.135 e. The van der Waals surface area contributed by atoms with Gasteiger partial charge in [0.1, 0.15) is 5.52 Å². The van der Waals surface area contributed by atoms with Gasteiger partial charge in [0.2, 0.25) is 0 Å². The van der Waals surface area contributed by atoms with Gasteiger partial charge in [-0.1, -0.05) is 32.4 Å². The average Bonchev–Trinajstić information content (AvgIpc) is 2.48. The molecule has 0 aliphatic rings. The van der Waals surface area contributed by atoms with E-state index in [-0.39, 0.29) is 5.41 Å². The number of hydrogen-bond acceptors (Lipinski definition) is 4. The second kappa shape index (κ2) is 3.14. The van der Waals surface area contributed by atoms with Crippen molar-refractivity contribution in [2.24, 2.45) is 0 Å². The molecule has 0 spiro atoms. The molecule has 74 valence electrons. The van der Waals surface area contributed by atoms with Crippen LogP contribution in [-0.4, -0.2) is 15.4 Å². The van der Waals surface area contributed by atoms with Crippen LogP contribution in [0.15, 0.2) is 6.07 Å². The largest absolute Gasteiger partial charge is 0.172 e. The Labute approximate surface area is 91.1 Å². The summed E-state index contributed by atoms with van der Waals surface area (Å²) in [5, 5.41) is 11.7. The van der Waals surface area contributed by atoms with Crippen molar-refractivity contribution in [3.8, 4) is 0 Å². The summed E-state index contributed by atoms with van der Waals surface area (Å²) in [5.41, 5.74) is 0.953. The molecule has 2 aromatic rings. The predicted molar refractivity (Wildman–Crippen MR) is 58.9 cm³/mol. The number of halogens is 1. The van der Waals surface area contributed by atoms with Crippen molar-refractivity contribution in [2.75, 3.05) is 0 Å². The number of nitrogens with zero attached hydrogens (tertiary/aromatic N) is 3. The van der Waals surface area contributed by atoms with E-state index in [1.807, 2.05) is 6.07 Å². The summed E-state index contributed by atoms with van der Waals surface area (Å²) in [6.07, 6.45) is 0. The van der Waals surface area contributed by atoms with E-state index >= 15 is 0 Å². The summed E-state index contributed by atoms with van der Waals surface area (Å²) >= 11 is 7.55. The quantitative estimate of drug-likeness (QED) is 0.695. The van der Waals surface area contributed by atoms with Gasteiger partial charge in [0.15, 0.2) is 5.15 Å². The lowest BCUT2D eigenvalue weighted by atomic mass is 9.95. The molecule has 0 aliphatic heterocycles. The van der Waals surface area contributed by atoms with E-state index in [1.165, 1.54) is 4.88 Å². The van der Waals surface area contributed by atoms with E-state index in [0.717, 1.165) is 10.2 Å². The molecule has 0 saturated heterocycles. The molecule has 0 atom stereocenters. The second-order valence-electron chi connectivity index (χ2n) is 4.16. The summed E-state index contributed by atoms with van der Waals surface area (Å²) < 4.78 is 0.923. The van der Waals surface area contributed by atoms with Crippen LogP contribution in [0.4, 0.5) is 0 Å².